The molecule has 0 aliphatic rings. The lowest BCUT2D eigenvalue weighted by Crippen LogP contribution is -2.12. The molecule has 0 amide bonds. The van der Waals surface area contributed by atoms with Crippen LogP contribution in [0.3, 0.4) is 0 Å². The van der Waals surface area contributed by atoms with Crippen LogP contribution in [0, 0.1) is 0 Å². The van der Waals surface area contributed by atoms with Crippen molar-refractivity contribution in [3.05, 3.63) is 48.5 Å². The van der Waals surface area contributed by atoms with Crippen LogP contribution >= 0.6 is 0 Å². The number of rotatable bonds is 8. The van der Waals surface area contributed by atoms with E-state index < -0.39 is 0 Å². The van der Waals surface area contributed by atoms with E-state index in [0.717, 1.165) is 0 Å². The average Bonchev–Trinajstić information content (AvgIpc) is 2.50. The first-order valence-corrected chi connectivity index (χ1v) is 6.79. The highest BCUT2D eigenvalue weighted by Crippen LogP contribution is 2.20. The number of para-hydroxylation sites is 4. The van der Waals surface area contributed by atoms with Gasteiger partial charge >= 0.3 is 0 Å². The summed E-state index contributed by atoms with van der Waals surface area (Å²) in [7, 11) is 0. The molecular formula is C16H20N2O3. The minimum absolute atomic E-state index is 0.446. The van der Waals surface area contributed by atoms with Crippen molar-refractivity contribution in [2.45, 2.75) is 0 Å². The van der Waals surface area contributed by atoms with Gasteiger partial charge in [-0.1, -0.05) is 24.3 Å². The number of nitrogens with two attached hydrogens (primary N) is 2. The van der Waals surface area contributed by atoms with Gasteiger partial charge in [-0.25, -0.2) is 0 Å². The fourth-order valence-electron chi connectivity index (χ4n) is 1.75. The standard InChI is InChI=1S/C16H20N2O3/c17-13-5-1-3-7-15(13)20-11-9-19-10-12-21-16-8-4-2-6-14(16)18/h1-8H,9-12,17-18H2. The second kappa shape index (κ2) is 8.01. The van der Waals surface area contributed by atoms with Gasteiger partial charge in [0, 0.05) is 0 Å². The maximum absolute atomic E-state index is 5.76. The van der Waals surface area contributed by atoms with Crippen molar-refractivity contribution in [2.75, 3.05) is 37.9 Å². The molecule has 2 aromatic rings. The van der Waals surface area contributed by atoms with Crippen molar-refractivity contribution in [3.63, 3.8) is 0 Å². The van der Waals surface area contributed by atoms with Crippen molar-refractivity contribution < 1.29 is 14.2 Å². The normalized spacial score (nSPS) is 10.3. The molecule has 0 aromatic heterocycles. The van der Waals surface area contributed by atoms with Crippen molar-refractivity contribution in [3.8, 4) is 11.5 Å². The third-order valence-corrected chi connectivity index (χ3v) is 2.81. The van der Waals surface area contributed by atoms with Crippen LogP contribution in [0.1, 0.15) is 0 Å². The lowest BCUT2D eigenvalue weighted by Gasteiger charge is -2.10. The van der Waals surface area contributed by atoms with Gasteiger partial charge in [-0.05, 0) is 24.3 Å². The maximum atomic E-state index is 5.76. The van der Waals surface area contributed by atoms with E-state index >= 15 is 0 Å². The van der Waals surface area contributed by atoms with Crippen LogP contribution < -0.4 is 20.9 Å². The van der Waals surface area contributed by atoms with E-state index in [4.69, 9.17) is 25.7 Å². The van der Waals surface area contributed by atoms with E-state index in [-0.39, 0.29) is 0 Å². The molecule has 21 heavy (non-hydrogen) atoms. The third-order valence-electron chi connectivity index (χ3n) is 2.81. The largest absolute Gasteiger partial charge is 0.489 e. The first-order chi connectivity index (χ1) is 10.3. The molecule has 112 valence electrons. The fourth-order valence-corrected chi connectivity index (χ4v) is 1.75. The van der Waals surface area contributed by atoms with E-state index in [1.165, 1.54) is 0 Å². The van der Waals surface area contributed by atoms with E-state index in [9.17, 15) is 0 Å². The molecule has 0 aliphatic carbocycles. The Hall–Kier alpha value is -2.40. The minimum atomic E-state index is 0.446. The Labute approximate surface area is 124 Å². The summed E-state index contributed by atoms with van der Waals surface area (Å²) in [6.07, 6.45) is 0. The van der Waals surface area contributed by atoms with Crippen LogP contribution in [0.2, 0.25) is 0 Å². The Balaban J connectivity index is 1.57. The van der Waals surface area contributed by atoms with Gasteiger partial charge < -0.3 is 25.7 Å². The highest BCUT2D eigenvalue weighted by Gasteiger charge is 1.99. The van der Waals surface area contributed by atoms with Gasteiger partial charge in [-0.15, -0.1) is 0 Å². The zero-order chi connectivity index (χ0) is 14.9. The van der Waals surface area contributed by atoms with Gasteiger partial charge in [0.15, 0.2) is 0 Å². The summed E-state index contributed by atoms with van der Waals surface area (Å²) in [4.78, 5) is 0. The zero-order valence-corrected chi connectivity index (χ0v) is 11.8. The molecule has 2 rings (SSSR count). The van der Waals surface area contributed by atoms with E-state index in [1.807, 2.05) is 36.4 Å². The number of benzene rings is 2. The molecule has 5 nitrogen and oxygen atoms in total. The lowest BCUT2D eigenvalue weighted by molar-refractivity contribution is 0.0768. The van der Waals surface area contributed by atoms with Crippen LogP contribution in [0.25, 0.3) is 0 Å². The second-order valence-corrected chi connectivity index (χ2v) is 4.38. The predicted octanol–water partition coefficient (Wildman–Crippen LogP) is 2.33. The number of hydrogen-bond acceptors (Lipinski definition) is 5. The molecular weight excluding hydrogens is 268 g/mol. The highest BCUT2D eigenvalue weighted by atomic mass is 16.5. The van der Waals surface area contributed by atoms with Crippen molar-refractivity contribution in [1.29, 1.82) is 0 Å². The molecule has 0 fully saturated rings. The predicted molar refractivity (Wildman–Crippen MR) is 83.5 cm³/mol. The van der Waals surface area contributed by atoms with Crippen LogP contribution in [-0.2, 0) is 4.74 Å². The summed E-state index contributed by atoms with van der Waals surface area (Å²) in [5.41, 5.74) is 12.8. The van der Waals surface area contributed by atoms with Crippen LogP contribution in [-0.4, -0.2) is 26.4 Å². The van der Waals surface area contributed by atoms with Crippen LogP contribution in [0.15, 0.2) is 48.5 Å². The summed E-state index contributed by atoms with van der Waals surface area (Å²) in [5.74, 6) is 1.35. The Morgan fingerprint density at radius 2 is 1.05 bits per heavy atom. The summed E-state index contributed by atoms with van der Waals surface area (Å²) in [5, 5.41) is 0. The van der Waals surface area contributed by atoms with Gasteiger partial charge in [0.25, 0.3) is 0 Å². The Bertz CT molecular complexity index is 511. The van der Waals surface area contributed by atoms with Crippen molar-refractivity contribution >= 4 is 11.4 Å². The molecule has 2 aromatic carbocycles. The summed E-state index contributed by atoms with van der Waals surface area (Å²) < 4.78 is 16.4. The molecule has 4 N–H and O–H groups in total. The van der Waals surface area contributed by atoms with Gasteiger partial charge in [-0.2, -0.15) is 0 Å². The molecule has 0 spiro atoms. The number of anilines is 2. The molecule has 0 aliphatic heterocycles. The van der Waals surface area contributed by atoms with E-state index in [0.29, 0.717) is 49.3 Å². The first kappa shape index (κ1) is 15.0. The molecule has 0 saturated carbocycles. The first-order valence-electron chi connectivity index (χ1n) is 6.79. The third kappa shape index (κ3) is 4.89. The molecule has 0 atom stereocenters. The summed E-state index contributed by atoms with van der Waals surface area (Å²) in [6, 6.07) is 14.8. The molecule has 0 heterocycles. The lowest BCUT2D eigenvalue weighted by atomic mass is 10.3. The Kier molecular flexibility index (Phi) is 5.72. The smallest absolute Gasteiger partial charge is 0.142 e. The summed E-state index contributed by atoms with van der Waals surface area (Å²) >= 11 is 0. The monoisotopic (exact) mass is 288 g/mol. The maximum Gasteiger partial charge on any atom is 0.142 e. The SMILES string of the molecule is Nc1ccccc1OCCOCCOc1ccccc1N. The van der Waals surface area contributed by atoms with Crippen molar-refractivity contribution in [1.82, 2.24) is 0 Å². The topological polar surface area (TPSA) is 79.7 Å². The quantitative estimate of drug-likeness (QED) is 0.575. The minimum Gasteiger partial charge on any atom is -0.489 e. The van der Waals surface area contributed by atoms with Crippen LogP contribution in [0.5, 0.6) is 11.5 Å². The number of ether oxygens (including phenoxy) is 3. The Morgan fingerprint density at radius 3 is 1.48 bits per heavy atom. The zero-order valence-electron chi connectivity index (χ0n) is 11.8. The van der Waals surface area contributed by atoms with Gasteiger partial charge in [-0.3, -0.25) is 0 Å². The molecule has 0 radical (unpaired) electrons. The molecule has 0 unspecified atom stereocenters. The van der Waals surface area contributed by atoms with Gasteiger partial charge in [0.05, 0.1) is 24.6 Å². The highest BCUT2D eigenvalue weighted by molar-refractivity contribution is 5.52. The van der Waals surface area contributed by atoms with E-state index in [1.54, 1.807) is 12.1 Å². The second-order valence-electron chi connectivity index (χ2n) is 4.38. The van der Waals surface area contributed by atoms with Gasteiger partial charge in [0.1, 0.15) is 24.7 Å². The molecule has 5 heteroatoms. The average molecular weight is 288 g/mol. The number of hydrogen-bond donors (Lipinski definition) is 2. The van der Waals surface area contributed by atoms with Crippen molar-refractivity contribution in [2.24, 2.45) is 0 Å². The fraction of sp³-hybridized carbons (Fsp3) is 0.250. The molecule has 0 saturated heterocycles. The van der Waals surface area contributed by atoms with Gasteiger partial charge in [0.2, 0.25) is 0 Å². The van der Waals surface area contributed by atoms with E-state index in [2.05, 4.69) is 0 Å². The molecule has 0 bridgehead atoms. The number of nitrogen functional groups attached to an aromatic ring is 2. The van der Waals surface area contributed by atoms with Crippen LogP contribution in [0.4, 0.5) is 11.4 Å². The summed E-state index contributed by atoms with van der Waals surface area (Å²) in [6.45, 7) is 1.84. The Morgan fingerprint density at radius 1 is 0.619 bits per heavy atom.